The molecule has 1 aromatic heterocycles. The summed E-state index contributed by atoms with van der Waals surface area (Å²) in [7, 11) is 1.60. The first-order valence-corrected chi connectivity index (χ1v) is 6.12. The third-order valence-corrected chi connectivity index (χ3v) is 3.12. The summed E-state index contributed by atoms with van der Waals surface area (Å²) in [5.74, 6) is 1.19. The molecule has 0 radical (unpaired) electrons. The molecule has 0 aliphatic carbocycles. The highest BCUT2D eigenvalue weighted by atomic mass is 79.9. The Morgan fingerprint density at radius 1 is 1.50 bits per heavy atom. The average molecular weight is 287 g/mol. The molecule has 0 saturated carbocycles. The van der Waals surface area contributed by atoms with Gasteiger partial charge in [-0.2, -0.15) is 4.98 Å². The number of piperidine rings is 1. The van der Waals surface area contributed by atoms with E-state index in [9.17, 15) is 0 Å². The molecule has 2 rings (SSSR count). The molecule has 1 fully saturated rings. The molecule has 0 aromatic carbocycles. The first-order chi connectivity index (χ1) is 7.79. The normalized spacial score (nSPS) is 17.1. The second-order valence-electron chi connectivity index (χ2n) is 3.72. The summed E-state index contributed by atoms with van der Waals surface area (Å²) in [6.45, 7) is 2.09. The molecule has 0 amide bonds. The fraction of sp³-hybridized carbons (Fsp3) is 0.600. The van der Waals surface area contributed by atoms with Crippen LogP contribution in [0.1, 0.15) is 12.8 Å². The number of halogens is 1. The van der Waals surface area contributed by atoms with Crippen LogP contribution in [0, 0.1) is 0 Å². The first kappa shape index (κ1) is 11.6. The summed E-state index contributed by atoms with van der Waals surface area (Å²) >= 11 is 3.33. The topological polar surface area (TPSA) is 59.1 Å². The summed E-state index contributed by atoms with van der Waals surface area (Å²) in [5, 5.41) is 6.64. The van der Waals surface area contributed by atoms with Crippen molar-refractivity contribution in [2.24, 2.45) is 0 Å². The summed E-state index contributed by atoms with van der Waals surface area (Å²) < 4.78 is 5.89. The molecule has 0 spiro atoms. The van der Waals surface area contributed by atoms with E-state index in [-0.39, 0.29) is 0 Å². The van der Waals surface area contributed by atoms with E-state index in [0.29, 0.717) is 17.9 Å². The third kappa shape index (κ3) is 2.82. The van der Waals surface area contributed by atoms with Gasteiger partial charge in [-0.25, -0.2) is 4.98 Å². The molecule has 16 heavy (non-hydrogen) atoms. The minimum atomic E-state index is 0.451. The zero-order valence-electron chi connectivity index (χ0n) is 9.16. The van der Waals surface area contributed by atoms with Crippen molar-refractivity contribution in [1.29, 1.82) is 0 Å². The highest BCUT2D eigenvalue weighted by Gasteiger charge is 2.14. The Kier molecular flexibility index (Phi) is 3.95. The maximum atomic E-state index is 5.12. The number of hydrogen-bond acceptors (Lipinski definition) is 5. The van der Waals surface area contributed by atoms with Gasteiger partial charge in [-0.15, -0.1) is 0 Å². The second kappa shape index (κ2) is 5.45. The van der Waals surface area contributed by atoms with Crippen LogP contribution in [0.4, 0.5) is 5.95 Å². The van der Waals surface area contributed by atoms with E-state index in [1.54, 1.807) is 13.3 Å². The number of nitrogens with zero attached hydrogens (tertiary/aromatic N) is 2. The number of nitrogens with one attached hydrogen (secondary N) is 2. The first-order valence-electron chi connectivity index (χ1n) is 5.33. The third-order valence-electron chi connectivity index (χ3n) is 2.58. The molecular formula is C10H15BrN4O. The highest BCUT2D eigenvalue weighted by Crippen LogP contribution is 2.22. The quantitative estimate of drug-likeness (QED) is 0.880. The van der Waals surface area contributed by atoms with Gasteiger partial charge < -0.3 is 15.4 Å². The van der Waals surface area contributed by atoms with Crippen LogP contribution in [0.5, 0.6) is 5.88 Å². The lowest BCUT2D eigenvalue weighted by molar-refractivity contribution is 0.394. The van der Waals surface area contributed by atoms with Gasteiger partial charge in [-0.05, 0) is 41.9 Å². The number of hydrogen-bond donors (Lipinski definition) is 2. The fourth-order valence-electron chi connectivity index (χ4n) is 1.71. The van der Waals surface area contributed by atoms with Crippen LogP contribution in [0.2, 0.25) is 0 Å². The van der Waals surface area contributed by atoms with Crippen molar-refractivity contribution in [1.82, 2.24) is 15.3 Å². The molecule has 2 N–H and O–H groups in total. The van der Waals surface area contributed by atoms with Gasteiger partial charge in [0, 0.05) is 6.04 Å². The molecule has 0 bridgehead atoms. The smallest absolute Gasteiger partial charge is 0.232 e. The average Bonchev–Trinajstić information content (AvgIpc) is 2.33. The van der Waals surface area contributed by atoms with E-state index in [1.807, 2.05) is 0 Å². The van der Waals surface area contributed by atoms with Crippen LogP contribution in [-0.2, 0) is 0 Å². The summed E-state index contributed by atoms with van der Waals surface area (Å²) in [4.78, 5) is 8.48. The molecule has 1 aliphatic heterocycles. The van der Waals surface area contributed by atoms with E-state index in [0.717, 1.165) is 30.4 Å². The Morgan fingerprint density at radius 3 is 2.94 bits per heavy atom. The van der Waals surface area contributed by atoms with Crippen molar-refractivity contribution in [2.75, 3.05) is 25.5 Å². The lowest BCUT2D eigenvalue weighted by Crippen LogP contribution is -2.35. The molecule has 0 atom stereocenters. The SMILES string of the molecule is COc1nc(NC2CCNCC2)ncc1Br. The standard InChI is InChI=1S/C10H15BrN4O/c1-16-9-8(11)6-13-10(15-9)14-7-2-4-12-5-3-7/h6-7,12H,2-5H2,1H3,(H,13,14,15). The minimum Gasteiger partial charge on any atom is -0.480 e. The van der Waals surface area contributed by atoms with Crippen LogP contribution in [0.15, 0.2) is 10.7 Å². The van der Waals surface area contributed by atoms with Crippen molar-refractivity contribution >= 4 is 21.9 Å². The molecule has 88 valence electrons. The minimum absolute atomic E-state index is 0.451. The summed E-state index contributed by atoms with van der Waals surface area (Å²) in [6.07, 6.45) is 3.90. The van der Waals surface area contributed by atoms with Gasteiger partial charge in [0.2, 0.25) is 11.8 Å². The largest absolute Gasteiger partial charge is 0.480 e. The highest BCUT2D eigenvalue weighted by molar-refractivity contribution is 9.10. The van der Waals surface area contributed by atoms with E-state index in [2.05, 4.69) is 36.5 Å². The van der Waals surface area contributed by atoms with Gasteiger partial charge >= 0.3 is 0 Å². The molecule has 2 heterocycles. The zero-order valence-corrected chi connectivity index (χ0v) is 10.7. The van der Waals surface area contributed by atoms with Gasteiger partial charge in [0.1, 0.15) is 0 Å². The van der Waals surface area contributed by atoms with Crippen LogP contribution in [0.3, 0.4) is 0 Å². The van der Waals surface area contributed by atoms with Crippen molar-refractivity contribution < 1.29 is 4.74 Å². The molecule has 1 aromatic rings. The van der Waals surface area contributed by atoms with E-state index < -0.39 is 0 Å². The Hall–Kier alpha value is -0.880. The maximum Gasteiger partial charge on any atom is 0.232 e. The van der Waals surface area contributed by atoms with Gasteiger partial charge in [0.05, 0.1) is 17.8 Å². The number of ether oxygens (including phenoxy) is 1. The predicted octanol–water partition coefficient (Wildman–Crippen LogP) is 1.41. The summed E-state index contributed by atoms with van der Waals surface area (Å²) in [5.41, 5.74) is 0. The van der Waals surface area contributed by atoms with Crippen molar-refractivity contribution in [3.8, 4) is 5.88 Å². The Labute approximate surface area is 103 Å². The Bertz CT molecular complexity index is 355. The number of rotatable bonds is 3. The molecule has 0 unspecified atom stereocenters. The van der Waals surface area contributed by atoms with Crippen LogP contribution in [0.25, 0.3) is 0 Å². The van der Waals surface area contributed by atoms with E-state index in [1.165, 1.54) is 0 Å². The van der Waals surface area contributed by atoms with Gasteiger partial charge in [0.15, 0.2) is 0 Å². The molecule has 6 heteroatoms. The van der Waals surface area contributed by atoms with Gasteiger partial charge in [-0.3, -0.25) is 0 Å². The van der Waals surface area contributed by atoms with Crippen molar-refractivity contribution in [3.05, 3.63) is 10.7 Å². The molecular weight excluding hydrogens is 272 g/mol. The van der Waals surface area contributed by atoms with Gasteiger partial charge in [-0.1, -0.05) is 0 Å². The molecule has 1 saturated heterocycles. The monoisotopic (exact) mass is 286 g/mol. The Balaban J connectivity index is 2.03. The lowest BCUT2D eigenvalue weighted by atomic mass is 10.1. The number of aromatic nitrogens is 2. The fourth-order valence-corrected chi connectivity index (χ4v) is 2.07. The van der Waals surface area contributed by atoms with Crippen molar-refractivity contribution in [2.45, 2.75) is 18.9 Å². The second-order valence-corrected chi connectivity index (χ2v) is 4.57. The van der Waals surface area contributed by atoms with Gasteiger partial charge in [0.25, 0.3) is 0 Å². The number of anilines is 1. The van der Waals surface area contributed by atoms with E-state index in [4.69, 9.17) is 4.74 Å². The maximum absolute atomic E-state index is 5.12. The van der Waals surface area contributed by atoms with E-state index >= 15 is 0 Å². The Morgan fingerprint density at radius 2 is 2.25 bits per heavy atom. The zero-order chi connectivity index (χ0) is 11.4. The van der Waals surface area contributed by atoms with Crippen LogP contribution >= 0.6 is 15.9 Å². The number of methoxy groups -OCH3 is 1. The van der Waals surface area contributed by atoms with Crippen LogP contribution in [-0.4, -0.2) is 36.2 Å². The lowest BCUT2D eigenvalue weighted by Gasteiger charge is -2.23. The van der Waals surface area contributed by atoms with Crippen LogP contribution < -0.4 is 15.4 Å². The van der Waals surface area contributed by atoms with Crippen molar-refractivity contribution in [3.63, 3.8) is 0 Å². The molecule has 5 nitrogen and oxygen atoms in total. The predicted molar refractivity (Wildman–Crippen MR) is 65.8 cm³/mol. The summed E-state index contributed by atoms with van der Waals surface area (Å²) in [6, 6.07) is 0.451. The molecule has 1 aliphatic rings.